The van der Waals surface area contributed by atoms with E-state index >= 15 is 0 Å². The topological polar surface area (TPSA) is 38.4 Å². The van der Waals surface area contributed by atoms with Gasteiger partial charge in [0.05, 0.1) is 0 Å². The molecule has 0 aromatic rings. The Morgan fingerprint density at radius 2 is 1.54 bits per heavy atom. The molecule has 0 saturated heterocycles. The van der Waals surface area contributed by atoms with Gasteiger partial charge >= 0.3 is 6.18 Å². The molecule has 0 radical (unpaired) electrons. The van der Waals surface area contributed by atoms with Crippen LogP contribution in [0.3, 0.4) is 0 Å². The summed E-state index contributed by atoms with van der Waals surface area (Å²) in [5, 5.41) is 0.625. The lowest BCUT2D eigenvalue weighted by Gasteiger charge is -2.26. The molecule has 3 aliphatic rings. The van der Waals surface area contributed by atoms with Crippen LogP contribution >= 0.6 is 11.6 Å². The molecular formula is C18H28ClF3N2. The fourth-order valence-electron chi connectivity index (χ4n) is 2.91. The Morgan fingerprint density at radius 3 is 2.00 bits per heavy atom. The molecule has 1 unspecified atom stereocenters. The molecule has 2 nitrogen and oxygen atoms in total. The smallest absolute Gasteiger partial charge is 0.324 e. The van der Waals surface area contributed by atoms with E-state index in [1.807, 2.05) is 13.8 Å². The van der Waals surface area contributed by atoms with Gasteiger partial charge in [-0.3, -0.25) is 4.99 Å². The fourth-order valence-corrected chi connectivity index (χ4v) is 3.13. The lowest BCUT2D eigenvalue weighted by atomic mass is 9.91. The summed E-state index contributed by atoms with van der Waals surface area (Å²) in [6, 6.07) is -0.654. The number of aliphatic imine (C=N–C) groups is 1. The van der Waals surface area contributed by atoms with E-state index in [4.69, 9.17) is 17.3 Å². The second kappa shape index (κ2) is 10.2. The third-order valence-corrected chi connectivity index (χ3v) is 4.45. The highest BCUT2D eigenvalue weighted by atomic mass is 35.5. The predicted octanol–water partition coefficient (Wildman–Crippen LogP) is 6.26. The molecule has 2 aliphatic carbocycles. The van der Waals surface area contributed by atoms with Gasteiger partial charge in [0, 0.05) is 23.2 Å². The van der Waals surface area contributed by atoms with Gasteiger partial charge in [-0.1, -0.05) is 64.0 Å². The van der Waals surface area contributed by atoms with Crippen LogP contribution in [0.2, 0.25) is 0 Å². The minimum atomic E-state index is -4.39. The molecule has 0 spiro atoms. The number of allylic oxidation sites excluding steroid dienone is 2. The first-order valence-electron chi connectivity index (χ1n) is 8.87. The van der Waals surface area contributed by atoms with Crippen molar-refractivity contribution in [2.45, 2.75) is 83.9 Å². The van der Waals surface area contributed by atoms with Crippen LogP contribution < -0.4 is 5.73 Å². The van der Waals surface area contributed by atoms with E-state index in [1.54, 1.807) is 6.08 Å². The van der Waals surface area contributed by atoms with Crippen LogP contribution in [0.15, 0.2) is 27.4 Å². The molecular weight excluding hydrogens is 337 g/mol. The Kier molecular flexibility index (Phi) is 9.06. The molecule has 0 bridgehead atoms. The van der Waals surface area contributed by atoms with Gasteiger partial charge in [0.15, 0.2) is 0 Å². The van der Waals surface area contributed by atoms with Crippen molar-refractivity contribution in [2.24, 2.45) is 10.7 Å². The van der Waals surface area contributed by atoms with Crippen molar-refractivity contribution >= 4 is 17.3 Å². The van der Waals surface area contributed by atoms with E-state index in [9.17, 15) is 13.2 Å². The van der Waals surface area contributed by atoms with Gasteiger partial charge in [0.2, 0.25) is 0 Å². The van der Waals surface area contributed by atoms with Crippen LogP contribution in [-0.4, -0.2) is 17.9 Å². The molecule has 0 amide bonds. The van der Waals surface area contributed by atoms with Crippen LogP contribution in [0.4, 0.5) is 13.2 Å². The third kappa shape index (κ3) is 6.60. The highest BCUT2D eigenvalue weighted by Gasteiger charge is 2.39. The SMILES string of the molecule is C1CCCCC1.CC.NC1CC(C(F)(F)F)=NC2=C1C=C(Cl)CC2. The number of nitrogens with two attached hydrogens (primary N) is 1. The van der Waals surface area contributed by atoms with Crippen LogP contribution in [0.25, 0.3) is 0 Å². The quantitative estimate of drug-likeness (QED) is 0.541. The third-order valence-electron chi connectivity index (χ3n) is 4.16. The van der Waals surface area contributed by atoms with Gasteiger partial charge < -0.3 is 5.73 Å². The Hall–Kier alpha value is -0.810. The molecule has 0 aromatic carbocycles. The summed E-state index contributed by atoms with van der Waals surface area (Å²) in [5.74, 6) is 0. The number of alkyl halides is 3. The molecule has 1 atom stereocenters. The monoisotopic (exact) mass is 364 g/mol. The standard InChI is InChI=1S/C10H10ClF3N2.C6H12.C2H6/c11-5-1-2-8-6(3-5)7(15)4-9(16-8)10(12,13)14;1-2-4-6-5-3-1;1-2/h3,7H,1-2,4,15H2;1-6H2;1-2H3. The van der Waals surface area contributed by atoms with E-state index in [0.717, 1.165) is 0 Å². The van der Waals surface area contributed by atoms with E-state index in [-0.39, 0.29) is 6.42 Å². The highest BCUT2D eigenvalue weighted by Crippen LogP contribution is 2.35. The number of hydrogen-bond donors (Lipinski definition) is 1. The molecule has 3 rings (SSSR count). The maximum atomic E-state index is 12.5. The Labute approximate surface area is 148 Å². The second-order valence-corrected chi connectivity index (χ2v) is 6.47. The first kappa shape index (κ1) is 21.2. The van der Waals surface area contributed by atoms with Crippen LogP contribution in [0, 0.1) is 0 Å². The van der Waals surface area contributed by atoms with Crippen LogP contribution in [-0.2, 0) is 0 Å². The van der Waals surface area contributed by atoms with E-state index in [0.29, 0.717) is 29.1 Å². The van der Waals surface area contributed by atoms with E-state index in [2.05, 4.69) is 4.99 Å². The lowest BCUT2D eigenvalue weighted by molar-refractivity contribution is -0.0609. The van der Waals surface area contributed by atoms with Crippen molar-refractivity contribution in [3.05, 3.63) is 22.4 Å². The first-order valence-corrected chi connectivity index (χ1v) is 9.25. The molecule has 2 N–H and O–H groups in total. The minimum absolute atomic E-state index is 0.275. The summed E-state index contributed by atoms with van der Waals surface area (Å²) in [7, 11) is 0. The maximum absolute atomic E-state index is 12.5. The van der Waals surface area contributed by atoms with Crippen LogP contribution in [0.5, 0.6) is 0 Å². The number of hydrogen-bond acceptors (Lipinski definition) is 2. The van der Waals surface area contributed by atoms with Crippen molar-refractivity contribution in [1.82, 2.24) is 0 Å². The molecule has 6 heteroatoms. The average Bonchev–Trinajstić information content (AvgIpc) is 2.58. The zero-order chi connectivity index (χ0) is 18.2. The number of halogens is 4. The molecule has 1 fully saturated rings. The van der Waals surface area contributed by atoms with Gasteiger partial charge in [-0.15, -0.1) is 0 Å². The lowest BCUT2D eigenvalue weighted by Crippen LogP contribution is -2.36. The largest absolute Gasteiger partial charge is 0.429 e. The van der Waals surface area contributed by atoms with E-state index < -0.39 is 17.9 Å². The zero-order valence-electron chi connectivity index (χ0n) is 14.6. The van der Waals surface area contributed by atoms with Crippen molar-refractivity contribution in [3.63, 3.8) is 0 Å². The average molecular weight is 365 g/mol. The fraction of sp³-hybridized carbons (Fsp3) is 0.722. The Morgan fingerprint density at radius 1 is 1.04 bits per heavy atom. The Balaban J connectivity index is 0.000000300. The Bertz CT molecular complexity index is 477. The summed E-state index contributed by atoms with van der Waals surface area (Å²) >= 11 is 5.83. The maximum Gasteiger partial charge on any atom is 0.429 e. The minimum Gasteiger partial charge on any atom is -0.324 e. The van der Waals surface area contributed by atoms with Crippen molar-refractivity contribution in [3.8, 4) is 0 Å². The second-order valence-electron chi connectivity index (χ2n) is 5.98. The van der Waals surface area contributed by atoms with Gasteiger partial charge in [-0.2, -0.15) is 13.2 Å². The van der Waals surface area contributed by atoms with Gasteiger partial charge in [0.1, 0.15) is 5.71 Å². The molecule has 138 valence electrons. The molecule has 0 aromatic heterocycles. The summed E-state index contributed by atoms with van der Waals surface area (Å²) in [6.45, 7) is 4.00. The summed E-state index contributed by atoms with van der Waals surface area (Å²) < 4.78 is 37.5. The molecule has 1 saturated carbocycles. The molecule has 1 heterocycles. The van der Waals surface area contributed by atoms with Crippen molar-refractivity contribution in [1.29, 1.82) is 0 Å². The van der Waals surface area contributed by atoms with Gasteiger partial charge in [-0.05, 0) is 24.5 Å². The normalized spacial score (nSPS) is 23.7. The van der Waals surface area contributed by atoms with Gasteiger partial charge in [0.25, 0.3) is 0 Å². The molecule has 24 heavy (non-hydrogen) atoms. The summed E-state index contributed by atoms with van der Waals surface area (Å²) in [6.07, 6.45) is 6.94. The number of rotatable bonds is 0. The zero-order valence-corrected chi connectivity index (χ0v) is 15.3. The first-order chi connectivity index (χ1) is 11.4. The predicted molar refractivity (Wildman–Crippen MR) is 95.3 cm³/mol. The summed E-state index contributed by atoms with van der Waals surface area (Å²) in [5.41, 5.74) is 5.98. The number of nitrogens with zero attached hydrogens (tertiary/aromatic N) is 1. The van der Waals surface area contributed by atoms with Gasteiger partial charge in [-0.25, -0.2) is 0 Å². The van der Waals surface area contributed by atoms with Crippen LogP contribution in [0.1, 0.15) is 71.6 Å². The highest BCUT2D eigenvalue weighted by molar-refractivity contribution is 6.29. The van der Waals surface area contributed by atoms with Crippen molar-refractivity contribution < 1.29 is 13.2 Å². The van der Waals surface area contributed by atoms with Crippen molar-refractivity contribution in [2.75, 3.05) is 0 Å². The molecule has 1 aliphatic heterocycles. The van der Waals surface area contributed by atoms with E-state index in [1.165, 1.54) is 38.5 Å². The summed E-state index contributed by atoms with van der Waals surface area (Å²) in [4.78, 5) is 3.65.